The van der Waals surface area contributed by atoms with Gasteiger partial charge in [0.2, 0.25) is 0 Å². The molecule has 5 rings (SSSR count). The third kappa shape index (κ3) is 3.50. The van der Waals surface area contributed by atoms with Gasteiger partial charge in [-0.3, -0.25) is 9.69 Å². The number of ether oxygens (including phenoxy) is 1. The van der Waals surface area contributed by atoms with Crippen molar-refractivity contribution in [3.63, 3.8) is 0 Å². The molecular formula is C25H34N2O2. The second-order valence-corrected chi connectivity index (χ2v) is 10.0. The lowest BCUT2D eigenvalue weighted by atomic mass is 9.55. The van der Waals surface area contributed by atoms with Crippen molar-refractivity contribution >= 4 is 11.7 Å². The highest BCUT2D eigenvalue weighted by atomic mass is 16.6. The van der Waals surface area contributed by atoms with E-state index in [0.29, 0.717) is 11.8 Å². The van der Waals surface area contributed by atoms with Gasteiger partial charge in [0.15, 0.2) is 0 Å². The molecule has 0 aromatic heterocycles. The molecule has 0 unspecified atom stereocenters. The van der Waals surface area contributed by atoms with E-state index < -0.39 is 0 Å². The maximum absolute atomic E-state index is 12.8. The molecule has 4 heteroatoms. The SMILES string of the molecule is C=C1CCC[C@]2(C)C[C@H]3OC(=O)[C@H](CN4CCN(c5ccccc5)CC4)[C@@H]3C[C@@H]12. The van der Waals surface area contributed by atoms with E-state index in [9.17, 15) is 4.79 Å². The van der Waals surface area contributed by atoms with Crippen LogP contribution < -0.4 is 4.90 Å². The van der Waals surface area contributed by atoms with E-state index in [2.05, 4.69) is 53.6 Å². The molecule has 2 saturated heterocycles. The molecule has 0 bridgehead atoms. The van der Waals surface area contributed by atoms with Crippen molar-refractivity contribution in [3.8, 4) is 0 Å². The Labute approximate surface area is 174 Å². The van der Waals surface area contributed by atoms with Gasteiger partial charge in [0, 0.05) is 44.3 Å². The lowest BCUT2D eigenvalue weighted by Crippen LogP contribution is -2.50. The van der Waals surface area contributed by atoms with Crippen LogP contribution in [0.1, 0.15) is 39.0 Å². The highest BCUT2D eigenvalue weighted by molar-refractivity contribution is 5.75. The number of benzene rings is 1. The first-order valence-electron chi connectivity index (χ1n) is 11.4. The number of hydrogen-bond donors (Lipinski definition) is 0. The first kappa shape index (κ1) is 19.2. The summed E-state index contributed by atoms with van der Waals surface area (Å²) in [7, 11) is 0. The lowest BCUT2D eigenvalue weighted by molar-refractivity contribution is -0.146. The molecule has 0 spiro atoms. The van der Waals surface area contributed by atoms with Crippen molar-refractivity contribution in [1.29, 1.82) is 0 Å². The monoisotopic (exact) mass is 394 g/mol. The standard InChI is InChI=1S/C25H34N2O2/c1-18-7-6-10-25(2)16-23-20(15-22(18)25)21(24(28)29-23)17-26-11-13-27(14-12-26)19-8-4-3-5-9-19/h3-5,8-9,20-23H,1,6-7,10-17H2,2H3/t20-,21+,22-,23+,25+/m0/s1. The summed E-state index contributed by atoms with van der Waals surface area (Å²) in [5.74, 6) is 1.05. The number of piperazine rings is 1. The quantitative estimate of drug-likeness (QED) is 0.570. The maximum Gasteiger partial charge on any atom is 0.310 e. The van der Waals surface area contributed by atoms with Gasteiger partial charge in [-0.25, -0.2) is 0 Å². The Hall–Kier alpha value is -1.81. The number of anilines is 1. The number of esters is 1. The smallest absolute Gasteiger partial charge is 0.310 e. The minimum absolute atomic E-state index is 0.0440. The molecule has 1 aromatic carbocycles. The molecule has 4 nitrogen and oxygen atoms in total. The van der Waals surface area contributed by atoms with E-state index in [0.717, 1.165) is 45.6 Å². The zero-order valence-corrected chi connectivity index (χ0v) is 17.7. The molecular weight excluding hydrogens is 360 g/mol. The molecule has 4 fully saturated rings. The van der Waals surface area contributed by atoms with Gasteiger partial charge in [-0.15, -0.1) is 0 Å². The van der Waals surface area contributed by atoms with Gasteiger partial charge in [-0.1, -0.05) is 37.3 Å². The Morgan fingerprint density at radius 3 is 2.69 bits per heavy atom. The Balaban J connectivity index is 1.23. The summed E-state index contributed by atoms with van der Waals surface area (Å²) in [6, 6.07) is 10.6. The van der Waals surface area contributed by atoms with Gasteiger partial charge >= 0.3 is 5.97 Å². The van der Waals surface area contributed by atoms with E-state index in [-0.39, 0.29) is 23.4 Å². The molecule has 29 heavy (non-hydrogen) atoms. The van der Waals surface area contributed by atoms with Crippen LogP contribution in [0.5, 0.6) is 0 Å². The van der Waals surface area contributed by atoms with E-state index in [1.54, 1.807) is 0 Å². The van der Waals surface area contributed by atoms with Crippen LogP contribution in [-0.2, 0) is 9.53 Å². The topological polar surface area (TPSA) is 32.8 Å². The fourth-order valence-electron chi connectivity index (χ4n) is 6.57. The van der Waals surface area contributed by atoms with Crippen molar-refractivity contribution in [2.75, 3.05) is 37.6 Å². The number of nitrogens with zero attached hydrogens (tertiary/aromatic N) is 2. The van der Waals surface area contributed by atoms with Crippen LogP contribution in [0.3, 0.4) is 0 Å². The summed E-state index contributed by atoms with van der Waals surface area (Å²) >= 11 is 0. The number of hydrogen-bond acceptors (Lipinski definition) is 4. The largest absolute Gasteiger partial charge is 0.462 e. The molecule has 2 heterocycles. The predicted molar refractivity (Wildman–Crippen MR) is 116 cm³/mol. The van der Waals surface area contributed by atoms with Crippen molar-refractivity contribution in [1.82, 2.24) is 4.90 Å². The highest BCUT2D eigenvalue weighted by Gasteiger charge is 2.55. The average molecular weight is 395 g/mol. The van der Waals surface area contributed by atoms with Crippen LogP contribution in [0.4, 0.5) is 5.69 Å². The van der Waals surface area contributed by atoms with Crippen molar-refractivity contribution in [2.45, 2.75) is 45.1 Å². The summed E-state index contributed by atoms with van der Waals surface area (Å²) in [5.41, 5.74) is 3.01. The van der Waals surface area contributed by atoms with Gasteiger partial charge in [0.1, 0.15) is 6.10 Å². The zero-order chi connectivity index (χ0) is 20.0. The average Bonchev–Trinajstić information content (AvgIpc) is 3.01. The van der Waals surface area contributed by atoms with Crippen molar-refractivity contribution < 1.29 is 9.53 Å². The van der Waals surface area contributed by atoms with E-state index >= 15 is 0 Å². The lowest BCUT2D eigenvalue weighted by Gasteiger charge is -2.50. The normalized spacial score (nSPS) is 37.8. The van der Waals surface area contributed by atoms with Crippen LogP contribution >= 0.6 is 0 Å². The number of allylic oxidation sites excluding steroid dienone is 1. The van der Waals surface area contributed by atoms with Gasteiger partial charge < -0.3 is 9.64 Å². The Bertz CT molecular complexity index is 770. The second kappa shape index (κ2) is 7.46. The minimum Gasteiger partial charge on any atom is -0.462 e. The molecule has 0 amide bonds. The number of carbonyl (C=O) groups excluding carboxylic acids is 1. The second-order valence-electron chi connectivity index (χ2n) is 10.0. The van der Waals surface area contributed by atoms with E-state index in [1.807, 2.05) is 0 Å². The first-order valence-corrected chi connectivity index (χ1v) is 11.4. The Morgan fingerprint density at radius 1 is 1.17 bits per heavy atom. The molecule has 156 valence electrons. The number of rotatable bonds is 3. The molecule has 1 aromatic rings. The predicted octanol–water partition coefficient (Wildman–Crippen LogP) is 4.12. The summed E-state index contributed by atoms with van der Waals surface area (Å²) in [4.78, 5) is 17.7. The number of fused-ring (bicyclic) bond motifs is 2. The molecule has 2 aliphatic heterocycles. The third-order valence-corrected chi connectivity index (χ3v) is 8.27. The van der Waals surface area contributed by atoms with Crippen LogP contribution in [0.25, 0.3) is 0 Å². The van der Waals surface area contributed by atoms with E-state index in [1.165, 1.54) is 30.5 Å². The first-order chi connectivity index (χ1) is 14.0. The number of carbonyl (C=O) groups is 1. The maximum atomic E-state index is 12.8. The van der Waals surface area contributed by atoms with Crippen molar-refractivity contribution in [2.24, 2.45) is 23.2 Å². The molecule has 5 atom stereocenters. The van der Waals surface area contributed by atoms with Crippen LogP contribution in [-0.4, -0.2) is 49.7 Å². The zero-order valence-electron chi connectivity index (χ0n) is 17.7. The summed E-state index contributed by atoms with van der Waals surface area (Å²) in [6.07, 6.45) is 5.92. The molecule has 0 N–H and O–H groups in total. The van der Waals surface area contributed by atoms with Crippen LogP contribution in [0.2, 0.25) is 0 Å². The van der Waals surface area contributed by atoms with Crippen molar-refractivity contribution in [3.05, 3.63) is 42.5 Å². The minimum atomic E-state index is 0.0440. The fraction of sp³-hybridized carbons (Fsp3) is 0.640. The third-order valence-electron chi connectivity index (χ3n) is 8.27. The van der Waals surface area contributed by atoms with Gasteiger partial charge in [0.25, 0.3) is 0 Å². The summed E-state index contributed by atoms with van der Waals surface area (Å²) in [6.45, 7) is 11.8. The molecule has 4 aliphatic rings. The van der Waals surface area contributed by atoms with E-state index in [4.69, 9.17) is 4.74 Å². The molecule has 2 saturated carbocycles. The Kier molecular flexibility index (Phi) is 4.93. The number of para-hydroxylation sites is 1. The molecule has 2 aliphatic carbocycles. The highest BCUT2D eigenvalue weighted by Crippen LogP contribution is 2.56. The van der Waals surface area contributed by atoms with Gasteiger partial charge in [0.05, 0.1) is 5.92 Å². The van der Waals surface area contributed by atoms with Crippen LogP contribution in [0, 0.1) is 23.2 Å². The fourth-order valence-corrected chi connectivity index (χ4v) is 6.57. The van der Waals surface area contributed by atoms with Gasteiger partial charge in [-0.2, -0.15) is 0 Å². The molecule has 0 radical (unpaired) electrons. The van der Waals surface area contributed by atoms with Crippen LogP contribution in [0.15, 0.2) is 42.5 Å². The summed E-state index contributed by atoms with van der Waals surface area (Å²) < 4.78 is 5.95. The van der Waals surface area contributed by atoms with Gasteiger partial charge in [-0.05, 0) is 55.6 Å². The Morgan fingerprint density at radius 2 is 1.93 bits per heavy atom. The summed E-state index contributed by atoms with van der Waals surface area (Å²) in [5, 5.41) is 0.